The number of carbonyl (C=O) groups is 2. The predicted molar refractivity (Wildman–Crippen MR) is 84.1 cm³/mol. The van der Waals surface area contributed by atoms with Crippen LogP contribution in [0.2, 0.25) is 0 Å². The van der Waals surface area contributed by atoms with Crippen LogP contribution in [0.5, 0.6) is 0 Å². The molecule has 1 aromatic heterocycles. The number of esters is 1. The number of hydrogen-bond donors (Lipinski definition) is 1. The molecule has 1 amide bonds. The first-order valence-electron chi connectivity index (χ1n) is 6.79. The van der Waals surface area contributed by atoms with Gasteiger partial charge in [-0.15, -0.1) is 11.3 Å². The summed E-state index contributed by atoms with van der Waals surface area (Å²) in [5.74, 6) is -1.08. The number of rotatable bonds is 5. The topological polar surface area (TPSA) is 89.5 Å². The molecule has 0 bridgehead atoms. The third-order valence-electron chi connectivity index (χ3n) is 3.17. The Kier molecular flexibility index (Phi) is 5.36. The van der Waals surface area contributed by atoms with Gasteiger partial charge in [-0.25, -0.2) is 13.2 Å². The fraction of sp³-hybridized carbons (Fsp3) is 0.429. The van der Waals surface area contributed by atoms with Gasteiger partial charge >= 0.3 is 5.97 Å². The maximum absolute atomic E-state index is 11.9. The highest BCUT2D eigenvalue weighted by Gasteiger charge is 2.30. The molecule has 8 heteroatoms. The summed E-state index contributed by atoms with van der Waals surface area (Å²) in [7, 11) is -3.06. The number of nitrogens with one attached hydrogen (secondary N) is 1. The molecule has 0 aliphatic carbocycles. The number of hydrogen-bond acceptors (Lipinski definition) is 6. The van der Waals surface area contributed by atoms with Gasteiger partial charge in [0.15, 0.2) is 15.9 Å². The molecule has 0 radical (unpaired) electrons. The number of ether oxygens (including phenoxy) is 1. The van der Waals surface area contributed by atoms with Crippen LogP contribution in [0, 0.1) is 0 Å². The second-order valence-corrected chi connectivity index (χ2v) is 8.24. The van der Waals surface area contributed by atoms with Gasteiger partial charge in [0.1, 0.15) is 0 Å². The summed E-state index contributed by atoms with van der Waals surface area (Å²) >= 11 is 1.48. The Morgan fingerprint density at radius 1 is 1.50 bits per heavy atom. The Labute approximate surface area is 133 Å². The lowest BCUT2D eigenvalue weighted by atomic mass is 10.2. The largest absolute Gasteiger partial charge is 0.449 e. The van der Waals surface area contributed by atoms with Gasteiger partial charge in [-0.05, 0) is 30.9 Å². The summed E-state index contributed by atoms with van der Waals surface area (Å²) in [6.07, 6.45) is 2.30. The van der Waals surface area contributed by atoms with Gasteiger partial charge in [0, 0.05) is 17.0 Å². The Hall–Kier alpha value is -1.67. The van der Waals surface area contributed by atoms with Crippen LogP contribution < -0.4 is 5.32 Å². The van der Waals surface area contributed by atoms with Crippen molar-refractivity contribution in [1.29, 1.82) is 0 Å². The lowest BCUT2D eigenvalue weighted by molar-refractivity contribution is -0.150. The van der Waals surface area contributed by atoms with E-state index in [1.165, 1.54) is 24.3 Å². The average Bonchev–Trinajstić information content (AvgIpc) is 3.06. The molecule has 0 unspecified atom stereocenters. The van der Waals surface area contributed by atoms with Crippen LogP contribution >= 0.6 is 11.3 Å². The van der Waals surface area contributed by atoms with Crippen molar-refractivity contribution in [2.24, 2.45) is 0 Å². The van der Waals surface area contributed by atoms with Crippen LogP contribution in [-0.4, -0.2) is 43.9 Å². The second-order valence-electron chi connectivity index (χ2n) is 5.04. The molecule has 1 aromatic rings. The summed E-state index contributed by atoms with van der Waals surface area (Å²) in [6, 6.07) is 3.31. The van der Waals surface area contributed by atoms with Crippen LogP contribution in [0.1, 0.15) is 18.2 Å². The van der Waals surface area contributed by atoms with Gasteiger partial charge in [0.2, 0.25) is 0 Å². The maximum atomic E-state index is 11.9. The van der Waals surface area contributed by atoms with Crippen molar-refractivity contribution in [1.82, 2.24) is 5.32 Å². The molecular weight excluding hydrogens is 326 g/mol. The van der Waals surface area contributed by atoms with Crippen LogP contribution in [0.3, 0.4) is 0 Å². The molecule has 1 aliphatic rings. The summed E-state index contributed by atoms with van der Waals surface area (Å²) in [5, 5.41) is 4.48. The van der Waals surface area contributed by atoms with Gasteiger partial charge in [-0.1, -0.05) is 6.07 Å². The van der Waals surface area contributed by atoms with Crippen molar-refractivity contribution >= 4 is 39.1 Å². The molecule has 1 saturated heterocycles. The normalized spacial score (nSPS) is 21.6. The minimum atomic E-state index is -3.06. The van der Waals surface area contributed by atoms with E-state index < -0.39 is 33.9 Å². The molecule has 2 rings (SSSR count). The first kappa shape index (κ1) is 16.7. The van der Waals surface area contributed by atoms with E-state index in [0.29, 0.717) is 6.42 Å². The number of thiophene rings is 1. The summed E-state index contributed by atoms with van der Waals surface area (Å²) in [4.78, 5) is 24.4. The second kappa shape index (κ2) is 7.06. The van der Waals surface area contributed by atoms with Crippen molar-refractivity contribution in [2.75, 3.05) is 11.5 Å². The van der Waals surface area contributed by atoms with E-state index in [1.54, 1.807) is 6.08 Å². The van der Waals surface area contributed by atoms with Crippen LogP contribution in [0.25, 0.3) is 6.08 Å². The number of carbonyl (C=O) groups excluding carboxylic acids is 2. The van der Waals surface area contributed by atoms with Crippen molar-refractivity contribution in [3.05, 3.63) is 28.5 Å². The standard InChI is InChI=1S/C14H17NO5S2/c1-10(14(17)15-11-6-8-22(18,19)9-11)20-13(16)5-4-12-3-2-7-21-12/h2-5,7,10-11H,6,8-9H2,1H3,(H,15,17)/b5-4+/t10-,11-/m0/s1. The maximum Gasteiger partial charge on any atom is 0.331 e. The molecule has 2 heterocycles. The van der Waals surface area contributed by atoms with Crippen molar-refractivity contribution in [3.8, 4) is 0 Å². The van der Waals surface area contributed by atoms with E-state index in [4.69, 9.17) is 4.74 Å². The van der Waals surface area contributed by atoms with E-state index in [9.17, 15) is 18.0 Å². The van der Waals surface area contributed by atoms with Crippen molar-refractivity contribution in [3.63, 3.8) is 0 Å². The van der Waals surface area contributed by atoms with Gasteiger partial charge in [0.25, 0.3) is 5.91 Å². The third-order valence-corrected chi connectivity index (χ3v) is 5.77. The highest BCUT2D eigenvalue weighted by molar-refractivity contribution is 7.91. The van der Waals surface area contributed by atoms with Crippen LogP contribution in [0.15, 0.2) is 23.6 Å². The molecule has 1 N–H and O–H groups in total. The van der Waals surface area contributed by atoms with Crippen molar-refractivity contribution in [2.45, 2.75) is 25.5 Å². The Morgan fingerprint density at radius 3 is 2.86 bits per heavy atom. The van der Waals surface area contributed by atoms with Crippen LogP contribution in [0.4, 0.5) is 0 Å². The molecule has 1 aliphatic heterocycles. The molecule has 2 atom stereocenters. The third kappa shape index (κ3) is 4.96. The highest BCUT2D eigenvalue weighted by atomic mass is 32.2. The SMILES string of the molecule is C[C@H](OC(=O)/C=C/c1cccs1)C(=O)N[C@H]1CCS(=O)(=O)C1. The van der Waals surface area contributed by atoms with Gasteiger partial charge in [0.05, 0.1) is 11.5 Å². The molecule has 22 heavy (non-hydrogen) atoms. The monoisotopic (exact) mass is 343 g/mol. The number of sulfone groups is 1. The zero-order valence-electron chi connectivity index (χ0n) is 12.0. The fourth-order valence-corrected chi connectivity index (χ4v) is 4.32. The molecule has 0 aromatic carbocycles. The summed E-state index contributed by atoms with van der Waals surface area (Å²) in [6.45, 7) is 1.45. The minimum Gasteiger partial charge on any atom is -0.449 e. The lowest BCUT2D eigenvalue weighted by Gasteiger charge is -2.15. The van der Waals surface area contributed by atoms with Gasteiger partial charge < -0.3 is 10.1 Å². The Bertz CT molecular complexity index is 663. The molecule has 0 spiro atoms. The first-order valence-corrected chi connectivity index (χ1v) is 9.49. The first-order chi connectivity index (χ1) is 10.4. The Balaban J connectivity index is 1.80. The average molecular weight is 343 g/mol. The van der Waals surface area contributed by atoms with E-state index in [0.717, 1.165) is 4.88 Å². The van der Waals surface area contributed by atoms with E-state index in [-0.39, 0.29) is 11.5 Å². The summed E-state index contributed by atoms with van der Waals surface area (Å²) < 4.78 is 27.6. The molecule has 0 saturated carbocycles. The molecular formula is C14H17NO5S2. The van der Waals surface area contributed by atoms with E-state index in [1.807, 2.05) is 17.5 Å². The quantitative estimate of drug-likeness (QED) is 0.636. The zero-order valence-corrected chi connectivity index (χ0v) is 13.7. The lowest BCUT2D eigenvalue weighted by Crippen LogP contribution is -2.42. The van der Waals surface area contributed by atoms with Crippen LogP contribution in [-0.2, 0) is 24.2 Å². The fourth-order valence-electron chi connectivity index (χ4n) is 2.03. The van der Waals surface area contributed by atoms with Gasteiger partial charge in [-0.2, -0.15) is 0 Å². The van der Waals surface area contributed by atoms with E-state index >= 15 is 0 Å². The Morgan fingerprint density at radius 2 is 2.27 bits per heavy atom. The van der Waals surface area contributed by atoms with E-state index in [2.05, 4.69) is 5.32 Å². The minimum absolute atomic E-state index is 0.0579. The van der Waals surface area contributed by atoms with Gasteiger partial charge in [-0.3, -0.25) is 4.79 Å². The molecule has 120 valence electrons. The summed E-state index contributed by atoms with van der Waals surface area (Å²) in [5.41, 5.74) is 0. The smallest absolute Gasteiger partial charge is 0.331 e. The zero-order chi connectivity index (χ0) is 16.2. The predicted octanol–water partition coefficient (Wildman–Crippen LogP) is 0.996. The highest BCUT2D eigenvalue weighted by Crippen LogP contribution is 2.12. The number of amides is 1. The molecule has 6 nitrogen and oxygen atoms in total. The molecule has 1 fully saturated rings. The van der Waals surface area contributed by atoms with Crippen molar-refractivity contribution < 1.29 is 22.7 Å².